The first-order valence-electron chi connectivity index (χ1n) is 14.4. The van der Waals surface area contributed by atoms with E-state index in [2.05, 4.69) is 74.9 Å². The number of aromatic amines is 2. The van der Waals surface area contributed by atoms with E-state index < -0.39 is 6.04 Å². The van der Waals surface area contributed by atoms with Crippen molar-refractivity contribution in [2.75, 3.05) is 20.4 Å². The van der Waals surface area contributed by atoms with Crippen LogP contribution >= 0.6 is 11.3 Å². The first kappa shape index (κ1) is 27.3. The van der Waals surface area contributed by atoms with E-state index in [1.165, 1.54) is 15.3 Å². The first-order chi connectivity index (χ1) is 21.2. The molecule has 6 aromatic rings. The second kappa shape index (κ2) is 12.0. The van der Waals surface area contributed by atoms with Crippen molar-refractivity contribution in [1.82, 2.24) is 30.2 Å². The van der Waals surface area contributed by atoms with Crippen molar-refractivity contribution in [3.63, 3.8) is 0 Å². The molecule has 0 aliphatic carbocycles. The number of amides is 1. The third kappa shape index (κ3) is 5.50. The van der Waals surface area contributed by atoms with Gasteiger partial charge in [-0.3, -0.25) is 10.1 Å². The Morgan fingerprint density at radius 1 is 1.02 bits per heavy atom. The number of aromatic nitrogens is 4. The van der Waals surface area contributed by atoms with Gasteiger partial charge < -0.3 is 19.6 Å². The number of hydrogen-bond donors (Lipinski definition) is 3. The number of fused-ring (bicyclic) bond motifs is 1. The van der Waals surface area contributed by atoms with Crippen LogP contribution in [0.25, 0.3) is 43.2 Å². The normalized spacial score (nSPS) is 15.7. The van der Waals surface area contributed by atoms with Crippen LogP contribution in [0.1, 0.15) is 36.3 Å². The predicted molar refractivity (Wildman–Crippen MR) is 170 cm³/mol. The lowest BCUT2D eigenvalue weighted by Gasteiger charge is -2.28. The van der Waals surface area contributed by atoms with Gasteiger partial charge >= 0.3 is 0 Å². The molecule has 216 valence electrons. The van der Waals surface area contributed by atoms with Crippen LogP contribution in [-0.4, -0.2) is 51.1 Å². The van der Waals surface area contributed by atoms with E-state index in [-0.39, 0.29) is 18.7 Å². The fourth-order valence-electron chi connectivity index (χ4n) is 5.86. The molecule has 4 heterocycles. The molecule has 9 heteroatoms. The highest BCUT2D eigenvalue weighted by atomic mass is 32.1. The lowest BCUT2D eigenvalue weighted by atomic mass is 10.1. The molecule has 1 fully saturated rings. The largest absolute Gasteiger partial charge is 0.370 e. The average Bonchev–Trinajstić information content (AvgIpc) is 3.87. The SMILES string of the molecule is COCNC(C(=O)N1CCCC1c1nc2ccc(-c3ccc(-c4ccc(-c5cnc[nH]5)cc4)s3)cc2[nH]1)c1ccccc1. The number of methoxy groups -OCH3 is 1. The van der Waals surface area contributed by atoms with E-state index in [4.69, 9.17) is 9.72 Å². The number of nitrogens with one attached hydrogen (secondary N) is 3. The first-order valence-corrected chi connectivity index (χ1v) is 15.3. The molecule has 3 N–H and O–H groups in total. The van der Waals surface area contributed by atoms with E-state index in [1.54, 1.807) is 24.8 Å². The summed E-state index contributed by atoms with van der Waals surface area (Å²) >= 11 is 1.77. The van der Waals surface area contributed by atoms with Gasteiger partial charge in [0.1, 0.15) is 11.9 Å². The minimum absolute atomic E-state index is 0.0376. The molecule has 3 aromatic heterocycles. The van der Waals surface area contributed by atoms with Gasteiger partial charge in [0.15, 0.2) is 0 Å². The lowest BCUT2D eigenvalue weighted by molar-refractivity contribution is -0.135. The van der Waals surface area contributed by atoms with Gasteiger partial charge in [-0.1, -0.05) is 60.7 Å². The molecule has 3 aromatic carbocycles. The lowest BCUT2D eigenvalue weighted by Crippen LogP contribution is -2.41. The van der Waals surface area contributed by atoms with Crippen molar-refractivity contribution >= 4 is 28.3 Å². The molecule has 8 nitrogen and oxygen atoms in total. The Morgan fingerprint density at radius 3 is 2.56 bits per heavy atom. The number of ether oxygens (including phenoxy) is 1. The zero-order chi connectivity index (χ0) is 29.2. The number of carbonyl (C=O) groups is 1. The molecule has 1 aliphatic rings. The number of nitrogens with zero attached hydrogens (tertiary/aromatic N) is 3. The minimum Gasteiger partial charge on any atom is -0.370 e. The Morgan fingerprint density at radius 2 is 1.79 bits per heavy atom. The summed E-state index contributed by atoms with van der Waals surface area (Å²) < 4.78 is 5.25. The van der Waals surface area contributed by atoms with E-state index in [0.29, 0.717) is 6.54 Å². The summed E-state index contributed by atoms with van der Waals surface area (Å²) in [6.45, 7) is 0.989. The van der Waals surface area contributed by atoms with E-state index in [9.17, 15) is 4.79 Å². The molecule has 1 aliphatic heterocycles. The van der Waals surface area contributed by atoms with E-state index in [1.807, 2.05) is 41.4 Å². The number of rotatable bonds is 9. The van der Waals surface area contributed by atoms with Crippen molar-refractivity contribution in [2.24, 2.45) is 0 Å². The Kier molecular flexibility index (Phi) is 7.59. The van der Waals surface area contributed by atoms with Crippen LogP contribution in [0.4, 0.5) is 0 Å². The number of thiophene rings is 1. The summed E-state index contributed by atoms with van der Waals surface area (Å²) in [4.78, 5) is 34.0. The Hall–Kier alpha value is -4.57. The van der Waals surface area contributed by atoms with Gasteiger partial charge in [0, 0.05) is 23.4 Å². The maximum atomic E-state index is 13.9. The molecule has 0 saturated carbocycles. The molecular formula is C34H32N6O2S. The van der Waals surface area contributed by atoms with Crippen LogP contribution in [0, 0.1) is 0 Å². The monoisotopic (exact) mass is 588 g/mol. The van der Waals surface area contributed by atoms with Crippen molar-refractivity contribution in [3.05, 3.63) is 109 Å². The fraction of sp³-hybridized carbons (Fsp3) is 0.206. The maximum absolute atomic E-state index is 13.9. The third-order valence-electron chi connectivity index (χ3n) is 8.03. The van der Waals surface area contributed by atoms with Crippen LogP contribution in [0.2, 0.25) is 0 Å². The van der Waals surface area contributed by atoms with Crippen LogP contribution in [0.15, 0.2) is 97.5 Å². The summed E-state index contributed by atoms with van der Waals surface area (Å²) in [6.07, 6.45) is 5.34. The van der Waals surface area contributed by atoms with Gasteiger partial charge in [-0.2, -0.15) is 0 Å². The highest BCUT2D eigenvalue weighted by Crippen LogP contribution is 2.38. The van der Waals surface area contributed by atoms with Gasteiger partial charge in [-0.15, -0.1) is 11.3 Å². The Balaban J connectivity index is 1.11. The molecule has 43 heavy (non-hydrogen) atoms. The van der Waals surface area contributed by atoms with Crippen molar-refractivity contribution < 1.29 is 9.53 Å². The number of hydrogen-bond acceptors (Lipinski definition) is 6. The van der Waals surface area contributed by atoms with Gasteiger partial charge in [0.05, 0.1) is 42.0 Å². The molecule has 1 saturated heterocycles. The Labute approximate surface area is 253 Å². The summed E-state index contributed by atoms with van der Waals surface area (Å²) in [7, 11) is 1.62. The van der Waals surface area contributed by atoms with Crippen molar-refractivity contribution in [3.8, 4) is 32.1 Å². The van der Waals surface area contributed by atoms with E-state index in [0.717, 1.165) is 52.1 Å². The smallest absolute Gasteiger partial charge is 0.244 e. The molecular weight excluding hydrogens is 556 g/mol. The molecule has 0 spiro atoms. The van der Waals surface area contributed by atoms with Crippen molar-refractivity contribution in [2.45, 2.75) is 24.9 Å². The number of H-pyrrole nitrogens is 2. The number of likely N-dealkylation sites (tertiary alicyclic amines) is 1. The third-order valence-corrected chi connectivity index (χ3v) is 9.22. The summed E-state index contributed by atoms with van der Waals surface area (Å²) in [5.74, 6) is 0.872. The second-order valence-corrected chi connectivity index (χ2v) is 11.8. The zero-order valence-corrected chi connectivity index (χ0v) is 24.6. The van der Waals surface area contributed by atoms with Crippen molar-refractivity contribution in [1.29, 1.82) is 0 Å². The van der Waals surface area contributed by atoms with Gasteiger partial charge in [0.25, 0.3) is 0 Å². The van der Waals surface area contributed by atoms with Gasteiger partial charge in [0.2, 0.25) is 5.91 Å². The van der Waals surface area contributed by atoms with Crippen LogP contribution in [0.5, 0.6) is 0 Å². The number of benzene rings is 3. The van der Waals surface area contributed by atoms with Crippen LogP contribution in [-0.2, 0) is 9.53 Å². The summed E-state index contributed by atoms with van der Waals surface area (Å²) in [5.41, 5.74) is 7.25. The summed E-state index contributed by atoms with van der Waals surface area (Å²) in [5, 5.41) is 3.26. The topological polar surface area (TPSA) is 98.9 Å². The quantitative estimate of drug-likeness (QED) is 0.159. The van der Waals surface area contributed by atoms with E-state index >= 15 is 0 Å². The highest BCUT2D eigenvalue weighted by Gasteiger charge is 2.36. The predicted octanol–water partition coefficient (Wildman–Crippen LogP) is 6.95. The molecule has 2 unspecified atom stereocenters. The maximum Gasteiger partial charge on any atom is 0.244 e. The Bertz CT molecular complexity index is 1830. The van der Waals surface area contributed by atoms with Crippen LogP contribution in [0.3, 0.4) is 0 Å². The average molecular weight is 589 g/mol. The van der Waals surface area contributed by atoms with Gasteiger partial charge in [-0.25, -0.2) is 9.97 Å². The van der Waals surface area contributed by atoms with Crippen LogP contribution < -0.4 is 5.32 Å². The zero-order valence-electron chi connectivity index (χ0n) is 23.8. The molecule has 0 radical (unpaired) electrons. The standard InChI is InChI=1S/C34H32N6O2S/c1-42-21-37-32(24-6-3-2-4-7-24)34(41)40-17-5-8-29(40)33-38-26-14-13-25(18-27(26)39-33)31-16-15-30(43-31)23-11-9-22(10-12-23)28-19-35-20-36-28/h2-4,6-7,9-16,18-20,29,32,37H,5,8,17,21H2,1H3,(H,35,36)(H,38,39). The minimum atomic E-state index is -0.479. The fourth-order valence-corrected chi connectivity index (χ4v) is 6.86. The summed E-state index contributed by atoms with van der Waals surface area (Å²) in [6, 6.07) is 28.5. The molecule has 1 amide bonds. The van der Waals surface area contributed by atoms with Gasteiger partial charge in [-0.05, 0) is 59.4 Å². The second-order valence-electron chi connectivity index (χ2n) is 10.7. The molecule has 2 atom stereocenters. The number of imidazole rings is 2. The number of carbonyl (C=O) groups excluding carboxylic acids is 1. The molecule has 7 rings (SSSR count). The molecule has 0 bridgehead atoms. The highest BCUT2D eigenvalue weighted by molar-refractivity contribution is 7.18.